The molecule has 3 aliphatic heterocycles. The number of fused-ring (bicyclic) bond motifs is 1. The molecule has 0 aliphatic carbocycles. The lowest BCUT2D eigenvalue weighted by atomic mass is 10.2. The van der Waals surface area contributed by atoms with Crippen molar-refractivity contribution in [2.75, 3.05) is 56.2 Å². The van der Waals surface area contributed by atoms with E-state index in [-0.39, 0.29) is 17.4 Å². The van der Waals surface area contributed by atoms with Gasteiger partial charge in [-0.3, -0.25) is 4.79 Å². The summed E-state index contributed by atoms with van der Waals surface area (Å²) in [4.78, 5) is 15.6. The molecule has 0 aromatic heterocycles. The lowest BCUT2D eigenvalue weighted by molar-refractivity contribution is -0.125. The van der Waals surface area contributed by atoms with Crippen LogP contribution in [0.3, 0.4) is 0 Å². The molecule has 0 radical (unpaired) electrons. The molecule has 188 valence electrons. The van der Waals surface area contributed by atoms with Crippen molar-refractivity contribution in [1.29, 1.82) is 0 Å². The van der Waals surface area contributed by atoms with Gasteiger partial charge in [0.1, 0.15) is 6.61 Å². The second-order valence-corrected chi connectivity index (χ2v) is 10.9. The number of morpholine rings is 1. The zero-order valence-electron chi connectivity index (χ0n) is 19.6. The standard InChI is InChI=1S/C25H31N3O6S/c29-25(24-18-33-22-7-3-4-8-23(22)34-24)26-20-17-19(35(30,31)28-13-15-32-16-14-28)9-10-21(20)27-11-5-1-2-6-12-27/h3-4,7-10,17,24H,1-2,5-6,11-16,18H2,(H,26,29)/t24-/m1/s1. The molecule has 2 aromatic rings. The number of ether oxygens (including phenoxy) is 3. The third kappa shape index (κ3) is 5.24. The van der Waals surface area contributed by atoms with E-state index in [1.165, 1.54) is 4.31 Å². The summed E-state index contributed by atoms with van der Waals surface area (Å²) in [5, 5.41) is 2.95. The number of benzene rings is 2. The molecule has 3 aliphatic rings. The molecule has 2 aromatic carbocycles. The number of nitrogens with one attached hydrogen (secondary N) is 1. The predicted molar refractivity (Wildman–Crippen MR) is 132 cm³/mol. The number of anilines is 2. The molecular weight excluding hydrogens is 470 g/mol. The van der Waals surface area contributed by atoms with E-state index < -0.39 is 16.1 Å². The van der Waals surface area contributed by atoms with Crippen LogP contribution in [0, 0.1) is 0 Å². The number of amides is 1. The summed E-state index contributed by atoms with van der Waals surface area (Å²) in [6, 6.07) is 12.2. The van der Waals surface area contributed by atoms with Crippen LogP contribution in [-0.2, 0) is 19.6 Å². The van der Waals surface area contributed by atoms with Gasteiger partial charge in [-0.05, 0) is 43.2 Å². The molecule has 0 spiro atoms. The van der Waals surface area contributed by atoms with E-state index in [0.29, 0.717) is 43.5 Å². The zero-order valence-corrected chi connectivity index (χ0v) is 20.5. The van der Waals surface area contributed by atoms with E-state index >= 15 is 0 Å². The van der Waals surface area contributed by atoms with Crippen molar-refractivity contribution in [2.24, 2.45) is 0 Å². The van der Waals surface area contributed by atoms with Gasteiger partial charge in [-0.2, -0.15) is 4.31 Å². The zero-order chi connectivity index (χ0) is 24.3. The van der Waals surface area contributed by atoms with E-state index in [4.69, 9.17) is 14.2 Å². The normalized spacial score (nSPS) is 21.3. The second-order valence-electron chi connectivity index (χ2n) is 8.95. The maximum absolute atomic E-state index is 13.3. The van der Waals surface area contributed by atoms with Gasteiger partial charge in [0.15, 0.2) is 11.5 Å². The number of para-hydroxylation sites is 2. The van der Waals surface area contributed by atoms with Crippen LogP contribution in [-0.4, -0.2) is 70.7 Å². The fraction of sp³-hybridized carbons (Fsp3) is 0.480. The summed E-state index contributed by atoms with van der Waals surface area (Å²) in [5.41, 5.74) is 1.28. The summed E-state index contributed by atoms with van der Waals surface area (Å²) in [5.74, 6) is 0.729. The summed E-state index contributed by atoms with van der Waals surface area (Å²) in [6.07, 6.45) is 3.58. The molecule has 2 fully saturated rings. The van der Waals surface area contributed by atoms with Gasteiger partial charge in [-0.25, -0.2) is 8.42 Å². The van der Waals surface area contributed by atoms with Gasteiger partial charge in [0.25, 0.3) is 5.91 Å². The Morgan fingerprint density at radius 1 is 0.914 bits per heavy atom. The minimum absolute atomic E-state index is 0.0770. The van der Waals surface area contributed by atoms with Crippen LogP contribution in [0.15, 0.2) is 47.4 Å². The van der Waals surface area contributed by atoms with E-state index in [1.807, 2.05) is 18.2 Å². The van der Waals surface area contributed by atoms with Gasteiger partial charge in [0, 0.05) is 26.2 Å². The molecule has 1 atom stereocenters. The number of rotatable bonds is 5. The number of hydrogen-bond acceptors (Lipinski definition) is 7. The van der Waals surface area contributed by atoms with Gasteiger partial charge in [-0.1, -0.05) is 25.0 Å². The van der Waals surface area contributed by atoms with E-state index in [1.54, 1.807) is 24.3 Å². The van der Waals surface area contributed by atoms with E-state index in [2.05, 4.69) is 10.2 Å². The van der Waals surface area contributed by atoms with Crippen LogP contribution in [0.2, 0.25) is 0 Å². The van der Waals surface area contributed by atoms with Gasteiger partial charge in [0.05, 0.1) is 29.5 Å². The van der Waals surface area contributed by atoms with Crippen molar-refractivity contribution in [3.63, 3.8) is 0 Å². The molecule has 0 unspecified atom stereocenters. The minimum Gasteiger partial charge on any atom is -0.485 e. The molecule has 35 heavy (non-hydrogen) atoms. The Morgan fingerprint density at radius 3 is 2.37 bits per heavy atom. The summed E-state index contributed by atoms with van der Waals surface area (Å²) in [6.45, 7) is 3.15. The largest absolute Gasteiger partial charge is 0.485 e. The highest BCUT2D eigenvalue weighted by Crippen LogP contribution is 2.34. The Bertz CT molecular complexity index is 1160. The van der Waals surface area contributed by atoms with Crippen LogP contribution >= 0.6 is 0 Å². The van der Waals surface area contributed by atoms with Crippen LogP contribution < -0.4 is 19.7 Å². The molecule has 5 rings (SSSR count). The van der Waals surface area contributed by atoms with Crippen molar-refractivity contribution in [3.05, 3.63) is 42.5 Å². The molecule has 9 nitrogen and oxygen atoms in total. The summed E-state index contributed by atoms with van der Waals surface area (Å²) < 4.78 is 44.9. The molecule has 2 saturated heterocycles. The summed E-state index contributed by atoms with van der Waals surface area (Å²) >= 11 is 0. The molecule has 1 amide bonds. The van der Waals surface area contributed by atoms with Gasteiger partial charge in [-0.15, -0.1) is 0 Å². The van der Waals surface area contributed by atoms with E-state index in [9.17, 15) is 13.2 Å². The van der Waals surface area contributed by atoms with Crippen LogP contribution in [0.5, 0.6) is 11.5 Å². The Balaban J connectivity index is 1.43. The number of hydrogen-bond donors (Lipinski definition) is 1. The van der Waals surface area contributed by atoms with Crippen LogP contribution in [0.25, 0.3) is 0 Å². The SMILES string of the molecule is O=C(Nc1cc(S(=O)(=O)N2CCOCC2)ccc1N1CCCCCC1)[C@H]1COc2ccccc2O1. The number of sulfonamides is 1. The molecular formula is C25H31N3O6S. The van der Waals surface area contributed by atoms with Crippen molar-refractivity contribution in [3.8, 4) is 11.5 Å². The Hall–Kier alpha value is -2.82. The lowest BCUT2D eigenvalue weighted by Crippen LogP contribution is -2.41. The first-order valence-corrected chi connectivity index (χ1v) is 13.6. The average molecular weight is 502 g/mol. The number of carbonyl (C=O) groups is 1. The van der Waals surface area contributed by atoms with Crippen molar-refractivity contribution < 1.29 is 27.4 Å². The first-order valence-electron chi connectivity index (χ1n) is 12.2. The monoisotopic (exact) mass is 501 g/mol. The second kappa shape index (κ2) is 10.4. The van der Waals surface area contributed by atoms with Gasteiger partial charge >= 0.3 is 0 Å². The van der Waals surface area contributed by atoms with Gasteiger partial charge in [0.2, 0.25) is 16.1 Å². The van der Waals surface area contributed by atoms with Crippen molar-refractivity contribution >= 4 is 27.3 Å². The highest BCUT2D eigenvalue weighted by Gasteiger charge is 2.31. The maximum Gasteiger partial charge on any atom is 0.269 e. The highest BCUT2D eigenvalue weighted by atomic mass is 32.2. The average Bonchev–Trinajstić information content (AvgIpc) is 3.18. The first kappa shape index (κ1) is 23.9. The number of nitrogens with zero attached hydrogens (tertiary/aromatic N) is 2. The lowest BCUT2D eigenvalue weighted by Gasteiger charge is -2.29. The first-order chi connectivity index (χ1) is 17.0. The minimum atomic E-state index is -3.71. The fourth-order valence-corrected chi connectivity index (χ4v) is 6.10. The maximum atomic E-state index is 13.3. The molecule has 10 heteroatoms. The Kier molecular flexibility index (Phi) is 7.12. The highest BCUT2D eigenvalue weighted by molar-refractivity contribution is 7.89. The smallest absolute Gasteiger partial charge is 0.269 e. The quantitative estimate of drug-likeness (QED) is 0.673. The molecule has 0 saturated carbocycles. The topological polar surface area (TPSA) is 97.4 Å². The van der Waals surface area contributed by atoms with Crippen LogP contribution in [0.4, 0.5) is 11.4 Å². The number of carbonyl (C=O) groups excluding carboxylic acids is 1. The third-order valence-corrected chi connectivity index (χ3v) is 8.48. The van der Waals surface area contributed by atoms with E-state index in [0.717, 1.165) is 44.5 Å². The Morgan fingerprint density at radius 2 is 1.63 bits per heavy atom. The molecule has 3 heterocycles. The summed E-state index contributed by atoms with van der Waals surface area (Å²) in [7, 11) is -3.71. The van der Waals surface area contributed by atoms with Crippen LogP contribution in [0.1, 0.15) is 25.7 Å². The molecule has 0 bridgehead atoms. The molecule has 1 N–H and O–H groups in total. The van der Waals surface area contributed by atoms with Crippen molar-refractivity contribution in [1.82, 2.24) is 4.31 Å². The fourth-order valence-electron chi connectivity index (χ4n) is 4.66. The third-order valence-electron chi connectivity index (χ3n) is 6.58. The Labute approximate surface area is 206 Å². The predicted octanol–water partition coefficient (Wildman–Crippen LogP) is 2.87. The van der Waals surface area contributed by atoms with Crippen molar-refractivity contribution in [2.45, 2.75) is 36.7 Å². The van der Waals surface area contributed by atoms with Gasteiger partial charge < -0.3 is 24.4 Å².